The standard InChI is InChI=1S/C64H64O28S4.4Na/c1-37-19-59(65)91-53-35-57-55(33-51(37)53)83-11-3-79-7-15-87-61-39-21-40-26-48(94(70,71)72)28-42-23-43-29-49(95(73,74)75)31-45(63(43)89-17-9-81-5-13-85-57)24-46-32-50(96(76,77)78)30-44(22-41(61)27-47(25-39)93(67,68)69)64(46)90-18-10-82-6-14-86-58-36-54-52(38(2)20-60(66)92-54)34-56(58)84-12-4-80-8-16-88-62(40)42;;;;/h19-20,25-36H,3-18,21-24H2,1-2H3,(H,67,68,69)(H,70,71,72)(H,73,74,75)(H,76,77,78);;;;/q;4*+1/p-4. The van der Waals surface area contributed by atoms with Crippen molar-refractivity contribution in [3.05, 3.63) is 161 Å². The van der Waals surface area contributed by atoms with Gasteiger partial charge in [0.05, 0.1) is 72.4 Å². The van der Waals surface area contributed by atoms with Crippen LogP contribution in [-0.2, 0) is 85.1 Å². The topological polar surface area (TPSA) is 400 Å². The third kappa shape index (κ3) is 21.0. The summed E-state index contributed by atoms with van der Waals surface area (Å²) < 4.78 is 246. The van der Waals surface area contributed by atoms with Gasteiger partial charge >= 0.3 is 129 Å². The van der Waals surface area contributed by atoms with Crippen LogP contribution < -0.4 is 167 Å². The van der Waals surface area contributed by atoms with E-state index in [0.29, 0.717) is 21.9 Å². The number of rotatable bonds is 4. The summed E-state index contributed by atoms with van der Waals surface area (Å²) in [6.07, 6.45) is -2.57. The van der Waals surface area contributed by atoms with Crippen LogP contribution in [-0.4, -0.2) is 158 Å². The van der Waals surface area contributed by atoms with E-state index in [1.807, 2.05) is 0 Å². The van der Waals surface area contributed by atoms with Gasteiger partial charge in [-0.3, -0.25) is 0 Å². The van der Waals surface area contributed by atoms with Crippen LogP contribution in [0.3, 0.4) is 0 Å². The molecule has 100 heavy (non-hydrogen) atoms. The molecule has 2 aromatic heterocycles. The van der Waals surface area contributed by atoms with Gasteiger partial charge in [-0.05, 0) is 85.6 Å². The molecule has 0 spiro atoms. The fraction of sp³-hybridized carbons (Fsp3) is 0.344. The first-order valence-electron chi connectivity index (χ1n) is 29.7. The van der Waals surface area contributed by atoms with Crippen molar-refractivity contribution in [1.82, 2.24) is 0 Å². The minimum atomic E-state index is -5.47. The maximum atomic E-state index is 13.4. The molecule has 0 saturated carbocycles. The van der Waals surface area contributed by atoms with E-state index >= 15 is 0 Å². The molecular weight excluding hydrogens is 1440 g/mol. The smallest absolute Gasteiger partial charge is 0.744 e. The van der Waals surface area contributed by atoms with Crippen LogP contribution in [0.25, 0.3) is 21.9 Å². The van der Waals surface area contributed by atoms with Crippen molar-refractivity contribution >= 4 is 62.4 Å². The minimum absolute atomic E-state index is 0. The molecule has 8 aromatic rings. The molecule has 28 nitrogen and oxygen atoms in total. The molecule has 4 aliphatic heterocycles. The van der Waals surface area contributed by atoms with Gasteiger partial charge in [0.2, 0.25) is 0 Å². The molecule has 0 amide bonds. The van der Waals surface area contributed by atoms with E-state index < -0.39 is 97.0 Å². The zero-order valence-corrected chi connectivity index (χ0v) is 66.6. The van der Waals surface area contributed by atoms with Crippen molar-refractivity contribution < 1.29 is 236 Å². The number of ether oxygens (including phenoxy) is 12. The summed E-state index contributed by atoms with van der Waals surface area (Å²) in [6.45, 7) is 0.208. The first kappa shape index (κ1) is 82.9. The third-order valence-corrected chi connectivity index (χ3v) is 18.7. The Labute approximate surface area is 663 Å². The van der Waals surface area contributed by atoms with Gasteiger partial charge in [0.1, 0.15) is 127 Å². The van der Waals surface area contributed by atoms with Gasteiger partial charge in [0.15, 0.2) is 23.0 Å². The summed E-state index contributed by atoms with van der Waals surface area (Å²) in [5, 5.41) is 1.08. The second kappa shape index (κ2) is 36.1. The van der Waals surface area contributed by atoms with Crippen LogP contribution in [0.1, 0.15) is 55.6 Å². The Morgan fingerprint density at radius 1 is 0.280 bits per heavy atom. The Balaban J connectivity index is 0.00000351. The van der Waals surface area contributed by atoms with Crippen molar-refractivity contribution in [3.8, 4) is 46.0 Å². The molecule has 36 heteroatoms. The van der Waals surface area contributed by atoms with Crippen LogP contribution in [0, 0.1) is 13.8 Å². The fourth-order valence-electron chi connectivity index (χ4n) is 11.2. The zero-order valence-electron chi connectivity index (χ0n) is 55.3. The van der Waals surface area contributed by atoms with Gasteiger partial charge in [-0.15, -0.1) is 0 Å². The van der Waals surface area contributed by atoms with Crippen molar-refractivity contribution in [2.24, 2.45) is 0 Å². The van der Waals surface area contributed by atoms with Crippen LogP contribution in [0.4, 0.5) is 0 Å². The van der Waals surface area contributed by atoms with Crippen molar-refractivity contribution in [2.75, 3.05) is 106 Å². The molecule has 0 atom stereocenters. The first-order chi connectivity index (χ1) is 45.7. The summed E-state index contributed by atoms with van der Waals surface area (Å²) in [6, 6.07) is 16.4. The fourth-order valence-corrected chi connectivity index (χ4v) is 13.5. The SMILES string of the molecule is Cc1cc(=O)oc2cc3c(cc12)OCCOCCOc1c2cc(S(=O)(=O)[O-])cc1Cc1cc(S(=O)(=O)[O-])cc4c1OCCOCCOc1cc5c(C)cc(=O)oc5cc1OCCOCCOc1c(cc(S(=O)(=O)[O-])cc1C2)Cc1cc(S(=O)(=O)[O-])cc(c1OCCOCCO3)C4.[Na+].[Na+].[Na+].[Na+]. The minimum Gasteiger partial charge on any atom is -0.744 e. The molecule has 1 aliphatic carbocycles. The van der Waals surface area contributed by atoms with Gasteiger partial charge in [0, 0.05) is 105 Å². The van der Waals surface area contributed by atoms with Crippen LogP contribution in [0.15, 0.2) is 123 Å². The molecular formula is C64H60Na4O28S4. The van der Waals surface area contributed by atoms with Crippen molar-refractivity contribution in [2.45, 2.75) is 59.1 Å². The molecule has 12 bridgehead atoms. The van der Waals surface area contributed by atoms with E-state index in [1.165, 1.54) is 24.3 Å². The van der Waals surface area contributed by atoms with Crippen LogP contribution in [0.5, 0.6) is 46.0 Å². The molecule has 512 valence electrons. The quantitative estimate of drug-likeness (QED) is 0.0684. The summed E-state index contributed by atoms with van der Waals surface area (Å²) in [7, 11) is -21.9. The molecule has 0 N–H and O–H groups in total. The molecule has 6 aromatic carbocycles. The molecule has 0 saturated heterocycles. The molecule has 6 heterocycles. The Bertz CT molecular complexity index is 4610. The number of hydrogen-bond donors (Lipinski definition) is 0. The monoisotopic (exact) mass is 1500 g/mol. The maximum absolute atomic E-state index is 13.4. The summed E-state index contributed by atoms with van der Waals surface area (Å²) in [5.41, 5.74) is -1.04. The molecule has 0 fully saturated rings. The Kier molecular flexibility index (Phi) is 29.9. The third-order valence-electron chi connectivity index (χ3n) is 15.4. The van der Waals surface area contributed by atoms with E-state index in [9.17, 15) is 61.5 Å². The van der Waals surface area contributed by atoms with Gasteiger partial charge in [-0.2, -0.15) is 0 Å². The predicted molar refractivity (Wildman–Crippen MR) is 331 cm³/mol. The molecule has 5 aliphatic rings. The Morgan fingerprint density at radius 2 is 0.480 bits per heavy atom. The Hall–Kier alpha value is -4.38. The normalized spacial score (nSPS) is 15.7. The van der Waals surface area contributed by atoms with Crippen molar-refractivity contribution in [1.29, 1.82) is 0 Å². The average Bonchev–Trinajstić information content (AvgIpc) is 0.766. The predicted octanol–water partition coefficient (Wildman–Crippen LogP) is -6.65. The zero-order chi connectivity index (χ0) is 68.1. The number of benzene rings is 6. The van der Waals surface area contributed by atoms with Gasteiger partial charge in [-0.25, -0.2) is 43.3 Å². The van der Waals surface area contributed by atoms with Gasteiger partial charge in [-0.1, -0.05) is 0 Å². The van der Waals surface area contributed by atoms with Gasteiger partial charge < -0.3 is 83.9 Å². The summed E-state index contributed by atoms with van der Waals surface area (Å²) >= 11 is 0. The average molecular weight is 1500 g/mol. The second-order valence-corrected chi connectivity index (χ2v) is 27.6. The number of aryl methyl sites for hydroxylation is 2. The molecule has 13 rings (SSSR count). The van der Waals surface area contributed by atoms with Crippen molar-refractivity contribution in [3.63, 3.8) is 0 Å². The maximum Gasteiger partial charge on any atom is 1.00 e. The van der Waals surface area contributed by atoms with E-state index in [1.54, 1.807) is 26.0 Å². The first-order valence-corrected chi connectivity index (χ1v) is 35.3. The van der Waals surface area contributed by atoms with Gasteiger partial charge in [0.25, 0.3) is 0 Å². The second-order valence-electron chi connectivity index (χ2n) is 22.1. The van der Waals surface area contributed by atoms with E-state index in [0.717, 1.165) is 48.5 Å². The number of hydrogen-bond acceptors (Lipinski definition) is 28. The Morgan fingerprint density at radius 3 is 0.690 bits per heavy atom. The number of fused-ring (bicyclic) bond motifs is 26. The summed E-state index contributed by atoms with van der Waals surface area (Å²) in [4.78, 5) is 21.3. The molecule has 0 radical (unpaired) electrons. The van der Waals surface area contributed by atoms with Crippen LogP contribution in [0.2, 0.25) is 0 Å². The van der Waals surface area contributed by atoms with E-state index in [-0.39, 0.29) is 326 Å². The van der Waals surface area contributed by atoms with E-state index in [2.05, 4.69) is 0 Å². The molecule has 0 unspecified atom stereocenters. The van der Waals surface area contributed by atoms with E-state index in [4.69, 9.17) is 65.7 Å². The van der Waals surface area contributed by atoms with Crippen LogP contribution >= 0.6 is 0 Å². The summed E-state index contributed by atoms with van der Waals surface area (Å²) in [5.74, 6) is 0.0181. The largest absolute Gasteiger partial charge is 1.00 e.